The second-order valence-electron chi connectivity index (χ2n) is 10.6. The molecule has 28 heavy (non-hydrogen) atoms. The molecule has 0 saturated heterocycles. The Morgan fingerprint density at radius 1 is 1.39 bits per heavy atom. The lowest BCUT2D eigenvalue weighted by atomic mass is 9.61. The van der Waals surface area contributed by atoms with Gasteiger partial charge in [0.15, 0.2) is 13.9 Å². The Hall–Kier alpha value is -0.133. The summed E-state index contributed by atoms with van der Waals surface area (Å²) < 4.78 is 11.3. The molecular weight excluding hydrogens is 432 g/mol. The maximum absolute atomic E-state index is 12.4. The summed E-state index contributed by atoms with van der Waals surface area (Å²) in [6.45, 7) is 13.3. The monoisotopic (exact) mass is 472 g/mol. The Morgan fingerprint density at radius 3 is 2.64 bits per heavy atom. The van der Waals surface area contributed by atoms with E-state index < -0.39 is 13.9 Å². The van der Waals surface area contributed by atoms with E-state index in [1.165, 1.54) is 39.2 Å². The largest absolute Gasteiger partial charge is 0.467 e. The van der Waals surface area contributed by atoms with Crippen molar-refractivity contribution in [3.05, 3.63) is 10.6 Å². The number of halogens is 1. The van der Waals surface area contributed by atoms with Gasteiger partial charge in [-0.15, -0.1) is 0 Å². The number of ether oxygens (including phenoxy) is 1. The fraction of sp³-hybridized carbons (Fsp3) is 0.870. The van der Waals surface area contributed by atoms with Crippen molar-refractivity contribution in [3.8, 4) is 0 Å². The van der Waals surface area contributed by atoms with Crippen LogP contribution < -0.4 is 0 Å². The van der Waals surface area contributed by atoms with Gasteiger partial charge in [0.05, 0.1) is 7.11 Å². The van der Waals surface area contributed by atoms with Crippen molar-refractivity contribution in [2.45, 2.75) is 97.4 Å². The Kier molecular flexibility index (Phi) is 8.05. The van der Waals surface area contributed by atoms with Crippen LogP contribution in [0.5, 0.6) is 0 Å². The summed E-state index contributed by atoms with van der Waals surface area (Å²) >= 11 is 3.62. The highest BCUT2D eigenvalue weighted by Crippen LogP contribution is 2.60. The summed E-state index contributed by atoms with van der Waals surface area (Å²) in [6, 6.07) is 0. The van der Waals surface area contributed by atoms with Crippen LogP contribution in [0.25, 0.3) is 0 Å². The highest BCUT2D eigenvalue weighted by atomic mass is 79.9. The van der Waals surface area contributed by atoms with Crippen LogP contribution in [-0.4, -0.2) is 27.0 Å². The topological polar surface area (TPSA) is 35.5 Å². The fourth-order valence-corrected chi connectivity index (χ4v) is 8.28. The molecule has 5 heteroatoms. The molecule has 2 aliphatic rings. The molecule has 2 saturated carbocycles. The van der Waals surface area contributed by atoms with Gasteiger partial charge in [-0.25, -0.2) is 4.79 Å². The number of esters is 1. The Balaban J connectivity index is 1.99. The van der Waals surface area contributed by atoms with Gasteiger partial charge in [0.25, 0.3) is 0 Å². The molecule has 0 aromatic heterocycles. The highest BCUT2D eigenvalue weighted by molar-refractivity contribution is 9.11. The summed E-state index contributed by atoms with van der Waals surface area (Å²) in [4.78, 5) is 14.6. The van der Waals surface area contributed by atoms with Gasteiger partial charge in [-0.2, -0.15) is 0 Å². The van der Waals surface area contributed by atoms with Gasteiger partial charge >= 0.3 is 5.97 Å². The number of methoxy groups -OCH3 is 1. The first-order chi connectivity index (χ1) is 13.0. The van der Waals surface area contributed by atoms with Crippen LogP contribution in [0.15, 0.2) is 10.6 Å². The first-order valence-corrected chi connectivity index (χ1v) is 15.4. The van der Waals surface area contributed by atoms with E-state index >= 15 is 0 Å². The Bertz CT molecular complexity index is 585. The molecule has 0 spiro atoms. The fourth-order valence-electron chi connectivity index (χ4n) is 6.19. The van der Waals surface area contributed by atoms with E-state index in [-0.39, 0.29) is 5.97 Å². The zero-order valence-electron chi connectivity index (χ0n) is 19.1. The van der Waals surface area contributed by atoms with Gasteiger partial charge in [0.1, 0.15) is 0 Å². The number of carbonyl (C=O) groups is 1. The third kappa shape index (κ3) is 5.31. The first-order valence-electron chi connectivity index (χ1n) is 11.0. The van der Waals surface area contributed by atoms with Gasteiger partial charge in [-0.3, -0.25) is 0 Å². The normalized spacial score (nSPS) is 32.6. The average Bonchev–Trinajstić information content (AvgIpc) is 2.96. The molecule has 0 bridgehead atoms. The lowest BCUT2D eigenvalue weighted by molar-refractivity contribution is -0.159. The molecule has 2 rings (SSSR count). The number of fused-ring (bicyclic) bond motifs is 1. The van der Waals surface area contributed by atoms with Gasteiger partial charge in [-0.05, 0) is 99.7 Å². The SMILES string of the molecule is COC(=O)[C@@](C)(CCC[C@@H](C)[C@H]1CCC2C(=CBr)CCC[C@@]21C)O[Si](C)(C)C. The van der Waals surface area contributed by atoms with Crippen molar-refractivity contribution in [1.29, 1.82) is 0 Å². The third-order valence-corrected chi connectivity index (χ3v) is 8.98. The van der Waals surface area contributed by atoms with Crippen LogP contribution in [0, 0.1) is 23.2 Å². The standard InChI is InChI=1S/C23H41BrO3Si/c1-17(10-8-15-23(3,21(25)26-4)27-28(5,6)7)19-12-13-20-18(16-24)11-9-14-22(19,20)2/h16-17,19-20H,8-15H2,1-7H3/t17-,19-,20?,22-,23-/m1/s1. The maximum Gasteiger partial charge on any atom is 0.336 e. The molecule has 0 aliphatic heterocycles. The van der Waals surface area contributed by atoms with Crippen LogP contribution in [-0.2, 0) is 14.0 Å². The molecule has 3 nitrogen and oxygen atoms in total. The Morgan fingerprint density at radius 2 is 2.07 bits per heavy atom. The summed E-state index contributed by atoms with van der Waals surface area (Å²) in [7, 11) is -0.367. The van der Waals surface area contributed by atoms with E-state index in [1.54, 1.807) is 5.57 Å². The molecular formula is C23H41BrO3Si. The highest BCUT2D eigenvalue weighted by Gasteiger charge is 2.50. The quantitative estimate of drug-likeness (QED) is 0.279. The summed E-state index contributed by atoms with van der Waals surface area (Å²) in [5.41, 5.74) is 1.26. The summed E-state index contributed by atoms with van der Waals surface area (Å²) in [5.74, 6) is 1.99. The predicted octanol–water partition coefficient (Wildman–Crippen LogP) is 7.07. The molecule has 5 atom stereocenters. The van der Waals surface area contributed by atoms with Crippen molar-refractivity contribution in [2.75, 3.05) is 7.11 Å². The molecule has 0 radical (unpaired) electrons. The molecule has 0 N–H and O–H groups in total. The minimum absolute atomic E-state index is 0.227. The van der Waals surface area contributed by atoms with Gasteiger partial charge in [0.2, 0.25) is 0 Å². The van der Waals surface area contributed by atoms with Crippen molar-refractivity contribution < 1.29 is 14.0 Å². The second-order valence-corrected chi connectivity index (χ2v) is 15.5. The molecule has 1 unspecified atom stereocenters. The van der Waals surface area contributed by atoms with Gasteiger partial charge in [-0.1, -0.05) is 41.8 Å². The third-order valence-electron chi connectivity index (χ3n) is 7.33. The summed E-state index contributed by atoms with van der Waals surface area (Å²) in [5, 5.41) is 0. The van der Waals surface area contributed by atoms with Gasteiger partial charge in [0, 0.05) is 0 Å². The van der Waals surface area contributed by atoms with E-state index in [2.05, 4.69) is 54.4 Å². The number of carbonyl (C=O) groups excluding carboxylic acids is 1. The van der Waals surface area contributed by atoms with E-state index in [0.29, 0.717) is 11.3 Å². The predicted molar refractivity (Wildman–Crippen MR) is 123 cm³/mol. The van der Waals surface area contributed by atoms with Crippen LogP contribution in [0.3, 0.4) is 0 Å². The number of allylic oxidation sites excluding steroid dienone is 1. The Labute approximate surface area is 182 Å². The molecule has 2 aliphatic carbocycles. The average molecular weight is 474 g/mol. The summed E-state index contributed by atoms with van der Waals surface area (Å²) in [6.07, 6.45) is 9.52. The van der Waals surface area contributed by atoms with Crippen molar-refractivity contribution in [2.24, 2.45) is 23.2 Å². The number of hydrogen-bond acceptors (Lipinski definition) is 3. The lowest BCUT2D eigenvalue weighted by Gasteiger charge is -2.44. The number of hydrogen-bond donors (Lipinski definition) is 0. The first kappa shape index (κ1) is 24.1. The second kappa shape index (κ2) is 9.34. The van der Waals surface area contributed by atoms with Crippen LogP contribution in [0.2, 0.25) is 19.6 Å². The maximum atomic E-state index is 12.4. The van der Waals surface area contributed by atoms with E-state index in [1.807, 2.05) is 6.92 Å². The van der Waals surface area contributed by atoms with Crippen LogP contribution in [0.1, 0.15) is 72.1 Å². The minimum Gasteiger partial charge on any atom is -0.467 e. The molecule has 2 fully saturated rings. The lowest BCUT2D eigenvalue weighted by Crippen LogP contribution is -2.47. The van der Waals surface area contributed by atoms with Gasteiger partial charge < -0.3 is 9.16 Å². The van der Waals surface area contributed by atoms with Crippen LogP contribution in [0.4, 0.5) is 0 Å². The van der Waals surface area contributed by atoms with Crippen molar-refractivity contribution >= 4 is 30.2 Å². The number of rotatable bonds is 8. The molecule has 162 valence electrons. The zero-order chi connectivity index (χ0) is 21.2. The molecule has 0 heterocycles. The molecule has 0 amide bonds. The van der Waals surface area contributed by atoms with E-state index in [4.69, 9.17) is 9.16 Å². The van der Waals surface area contributed by atoms with Crippen molar-refractivity contribution in [1.82, 2.24) is 0 Å². The minimum atomic E-state index is -1.83. The van der Waals surface area contributed by atoms with Crippen molar-refractivity contribution in [3.63, 3.8) is 0 Å². The van der Waals surface area contributed by atoms with E-state index in [9.17, 15) is 4.79 Å². The zero-order valence-corrected chi connectivity index (χ0v) is 21.7. The smallest absolute Gasteiger partial charge is 0.336 e. The van der Waals surface area contributed by atoms with E-state index in [0.717, 1.165) is 31.1 Å². The van der Waals surface area contributed by atoms with Crippen LogP contribution >= 0.6 is 15.9 Å². The molecule has 0 aromatic carbocycles. The molecule has 0 aromatic rings.